The Labute approximate surface area is 59.8 Å². The van der Waals surface area contributed by atoms with Crippen LogP contribution in [0.15, 0.2) is 12.2 Å². The van der Waals surface area contributed by atoms with E-state index in [2.05, 4.69) is 12.2 Å². The van der Waals surface area contributed by atoms with Crippen molar-refractivity contribution < 1.29 is 4.84 Å². The van der Waals surface area contributed by atoms with Crippen LogP contribution in [0.4, 0.5) is 0 Å². The van der Waals surface area contributed by atoms with Crippen LogP contribution in [-0.4, -0.2) is 17.9 Å². The highest BCUT2D eigenvalue weighted by atomic mass is 16.9. The van der Waals surface area contributed by atoms with Crippen molar-refractivity contribution in [2.45, 2.75) is 18.9 Å². The molecule has 10 heavy (non-hydrogen) atoms. The summed E-state index contributed by atoms with van der Waals surface area (Å²) >= 11 is 0. The lowest BCUT2D eigenvalue weighted by Gasteiger charge is -2.30. The fraction of sp³-hybridized carbons (Fsp3) is 0.714. The first kappa shape index (κ1) is 6.34. The van der Waals surface area contributed by atoms with E-state index in [9.17, 15) is 5.21 Å². The normalized spacial score (nSPS) is 40.1. The molecule has 0 radical (unpaired) electrons. The van der Waals surface area contributed by atoms with Gasteiger partial charge in [0.1, 0.15) is 0 Å². The van der Waals surface area contributed by atoms with Crippen LogP contribution in [0.25, 0.3) is 0 Å². The van der Waals surface area contributed by atoms with Crippen LogP contribution in [0.2, 0.25) is 0 Å². The number of fused-ring (bicyclic) bond motifs is 1. The maximum absolute atomic E-state index is 10.9. The second-order valence-corrected chi connectivity index (χ2v) is 2.85. The van der Waals surface area contributed by atoms with Gasteiger partial charge in [0.2, 0.25) is 0 Å². The summed E-state index contributed by atoms with van der Waals surface area (Å²) < 4.78 is 0. The lowest BCUT2D eigenvalue weighted by molar-refractivity contribution is -0.0872. The SMILES string of the molecule is [O-]N1OCC2CC=CC[C@H]21. The molecule has 0 spiro atoms. The van der Waals surface area contributed by atoms with Crippen LogP contribution < -0.4 is 0 Å². The number of hydrogen-bond acceptors (Lipinski definition) is 3. The molecule has 1 unspecified atom stereocenters. The maximum Gasteiger partial charge on any atom is 0.0719 e. The average molecular weight is 140 g/mol. The minimum atomic E-state index is 0.102. The van der Waals surface area contributed by atoms with Crippen molar-refractivity contribution in [1.82, 2.24) is 5.23 Å². The predicted molar refractivity (Wildman–Crippen MR) is 36.8 cm³/mol. The Kier molecular flexibility index (Phi) is 1.48. The average Bonchev–Trinajstić information content (AvgIpc) is 2.34. The van der Waals surface area contributed by atoms with E-state index in [4.69, 9.17) is 4.84 Å². The topological polar surface area (TPSA) is 35.5 Å². The fourth-order valence-electron chi connectivity index (χ4n) is 1.56. The van der Waals surface area contributed by atoms with E-state index in [1.807, 2.05) is 0 Å². The molecule has 0 N–H and O–H groups in total. The Morgan fingerprint density at radius 2 is 2.20 bits per heavy atom. The van der Waals surface area contributed by atoms with E-state index in [-0.39, 0.29) is 6.04 Å². The number of hydroxylamine groups is 2. The Balaban J connectivity index is 2.10. The number of allylic oxidation sites excluding steroid dienone is 1. The van der Waals surface area contributed by atoms with Crippen molar-refractivity contribution in [3.05, 3.63) is 17.4 Å². The van der Waals surface area contributed by atoms with Gasteiger partial charge in [-0.15, -0.1) is 0 Å². The highest BCUT2D eigenvalue weighted by Gasteiger charge is 2.30. The fourth-order valence-corrected chi connectivity index (χ4v) is 1.56. The first-order chi connectivity index (χ1) is 4.88. The summed E-state index contributed by atoms with van der Waals surface area (Å²) in [5.74, 6) is 0.447. The molecule has 3 nitrogen and oxygen atoms in total. The van der Waals surface area contributed by atoms with E-state index < -0.39 is 0 Å². The monoisotopic (exact) mass is 140 g/mol. The predicted octanol–water partition coefficient (Wildman–Crippen LogP) is 1.07. The quantitative estimate of drug-likeness (QED) is 0.472. The molecule has 1 fully saturated rings. The molecule has 2 atom stereocenters. The van der Waals surface area contributed by atoms with E-state index in [0.29, 0.717) is 12.5 Å². The van der Waals surface area contributed by atoms with Gasteiger partial charge < -0.3 is 10.0 Å². The third-order valence-corrected chi connectivity index (χ3v) is 2.21. The lowest BCUT2D eigenvalue weighted by atomic mass is 9.91. The van der Waals surface area contributed by atoms with Gasteiger partial charge in [-0.25, -0.2) is 0 Å². The molecule has 0 amide bonds. The molecule has 1 aliphatic heterocycles. The van der Waals surface area contributed by atoms with Gasteiger partial charge in [0.15, 0.2) is 0 Å². The molecule has 56 valence electrons. The Hall–Kier alpha value is -0.380. The number of rotatable bonds is 0. The second kappa shape index (κ2) is 2.34. The van der Waals surface area contributed by atoms with E-state index >= 15 is 0 Å². The van der Waals surface area contributed by atoms with Crippen LogP contribution in [0, 0.1) is 11.1 Å². The highest BCUT2D eigenvalue weighted by molar-refractivity contribution is 4.99. The van der Waals surface area contributed by atoms with Gasteiger partial charge in [-0.2, -0.15) is 0 Å². The zero-order valence-electron chi connectivity index (χ0n) is 5.69. The largest absolute Gasteiger partial charge is 0.762 e. The van der Waals surface area contributed by atoms with Crippen molar-refractivity contribution in [2.75, 3.05) is 6.61 Å². The molecule has 0 aromatic rings. The summed E-state index contributed by atoms with van der Waals surface area (Å²) in [6, 6.07) is 0.102. The molecular formula is C7H10NO2-. The molecule has 0 aromatic carbocycles. The number of hydrogen-bond donors (Lipinski definition) is 0. The van der Waals surface area contributed by atoms with Crippen LogP contribution in [0.5, 0.6) is 0 Å². The highest BCUT2D eigenvalue weighted by Crippen LogP contribution is 2.29. The van der Waals surface area contributed by atoms with Gasteiger partial charge in [-0.1, -0.05) is 12.2 Å². The molecule has 3 heteroatoms. The van der Waals surface area contributed by atoms with Crippen molar-refractivity contribution in [2.24, 2.45) is 5.92 Å². The van der Waals surface area contributed by atoms with Gasteiger partial charge in [0.25, 0.3) is 0 Å². The van der Waals surface area contributed by atoms with Gasteiger partial charge in [-0.3, -0.25) is 5.23 Å². The van der Waals surface area contributed by atoms with Gasteiger partial charge in [0.05, 0.1) is 6.61 Å². The van der Waals surface area contributed by atoms with Crippen molar-refractivity contribution in [3.63, 3.8) is 0 Å². The van der Waals surface area contributed by atoms with Gasteiger partial charge >= 0.3 is 0 Å². The lowest BCUT2D eigenvalue weighted by Crippen LogP contribution is -2.28. The molecule has 1 saturated heterocycles. The summed E-state index contributed by atoms with van der Waals surface area (Å²) in [7, 11) is 0. The van der Waals surface area contributed by atoms with Gasteiger partial charge in [0, 0.05) is 12.0 Å². The molecule has 0 aromatic heterocycles. The first-order valence-electron chi connectivity index (χ1n) is 3.62. The Bertz CT molecular complexity index is 158. The summed E-state index contributed by atoms with van der Waals surface area (Å²) in [4.78, 5) is 4.84. The summed E-state index contributed by atoms with van der Waals surface area (Å²) in [6.45, 7) is 0.610. The first-order valence-corrected chi connectivity index (χ1v) is 3.62. The smallest absolute Gasteiger partial charge is 0.0719 e. The van der Waals surface area contributed by atoms with Crippen LogP contribution in [0.3, 0.4) is 0 Å². The molecule has 0 bridgehead atoms. The third-order valence-electron chi connectivity index (χ3n) is 2.21. The van der Waals surface area contributed by atoms with Gasteiger partial charge in [-0.05, 0) is 12.8 Å². The molecule has 0 saturated carbocycles. The van der Waals surface area contributed by atoms with Crippen molar-refractivity contribution >= 4 is 0 Å². The molecular weight excluding hydrogens is 130 g/mol. The van der Waals surface area contributed by atoms with E-state index in [1.165, 1.54) is 0 Å². The Morgan fingerprint density at radius 1 is 1.40 bits per heavy atom. The van der Waals surface area contributed by atoms with E-state index in [0.717, 1.165) is 18.1 Å². The third kappa shape index (κ3) is 0.868. The van der Waals surface area contributed by atoms with Crippen LogP contribution in [0.1, 0.15) is 12.8 Å². The zero-order chi connectivity index (χ0) is 6.97. The minimum absolute atomic E-state index is 0.102. The van der Waals surface area contributed by atoms with Crippen molar-refractivity contribution in [1.29, 1.82) is 0 Å². The van der Waals surface area contributed by atoms with E-state index in [1.54, 1.807) is 0 Å². The summed E-state index contributed by atoms with van der Waals surface area (Å²) in [5.41, 5.74) is 0. The van der Waals surface area contributed by atoms with Crippen LogP contribution in [-0.2, 0) is 4.84 Å². The standard InChI is InChI=1S/C7H10NO2/c9-8-7-4-2-1-3-6(7)5-10-8/h1-2,6-7H,3-5H2/q-1/t6?,7-/m1/s1. The molecule has 2 aliphatic rings. The molecule has 1 heterocycles. The Morgan fingerprint density at radius 3 is 3.00 bits per heavy atom. The van der Waals surface area contributed by atoms with Crippen LogP contribution >= 0.6 is 0 Å². The maximum atomic E-state index is 10.9. The second-order valence-electron chi connectivity index (χ2n) is 2.85. The molecule has 2 rings (SSSR count). The molecule has 1 aliphatic carbocycles. The number of nitrogens with zero attached hydrogens (tertiary/aromatic N) is 1. The van der Waals surface area contributed by atoms with Crippen molar-refractivity contribution in [3.8, 4) is 0 Å². The summed E-state index contributed by atoms with van der Waals surface area (Å²) in [6.07, 6.45) is 6.04. The summed E-state index contributed by atoms with van der Waals surface area (Å²) in [5, 5.41) is 11.6. The zero-order valence-corrected chi connectivity index (χ0v) is 5.69. The minimum Gasteiger partial charge on any atom is -0.762 e.